The molecule has 94 valence electrons. The zero-order valence-corrected chi connectivity index (χ0v) is 10.1. The molecule has 0 aliphatic rings. The second kappa shape index (κ2) is 5.24. The molecule has 3 N–H and O–H groups in total. The number of hydrogen-bond donors (Lipinski definition) is 2. The molecule has 17 heavy (non-hydrogen) atoms. The van der Waals surface area contributed by atoms with Gasteiger partial charge in [0.2, 0.25) is 10.0 Å². The Bertz CT molecular complexity index is 528. The summed E-state index contributed by atoms with van der Waals surface area (Å²) >= 11 is 0. The second-order valence-electron chi connectivity index (χ2n) is 3.48. The van der Waals surface area contributed by atoms with Gasteiger partial charge < -0.3 is 5.32 Å². The van der Waals surface area contributed by atoms with Crippen molar-refractivity contribution in [1.82, 2.24) is 5.32 Å². The molecule has 0 aromatic heterocycles. The summed E-state index contributed by atoms with van der Waals surface area (Å²) in [5, 5.41) is 7.38. The number of nitrogens with two attached hydrogens (primary N) is 1. The lowest BCUT2D eigenvalue weighted by atomic mass is 10.2. The van der Waals surface area contributed by atoms with Gasteiger partial charge >= 0.3 is 0 Å². The molecule has 0 unspecified atom stereocenters. The number of sulfonamides is 1. The van der Waals surface area contributed by atoms with Crippen molar-refractivity contribution in [3.63, 3.8) is 0 Å². The highest BCUT2D eigenvalue weighted by molar-refractivity contribution is 7.89. The smallest absolute Gasteiger partial charge is 0.251 e. The van der Waals surface area contributed by atoms with E-state index in [1.807, 2.05) is 6.92 Å². The Morgan fingerprint density at radius 3 is 2.59 bits per heavy atom. The van der Waals surface area contributed by atoms with Gasteiger partial charge in [0.1, 0.15) is 5.82 Å². The highest BCUT2D eigenvalue weighted by atomic mass is 32.2. The summed E-state index contributed by atoms with van der Waals surface area (Å²) in [6.07, 6.45) is 0.725. The van der Waals surface area contributed by atoms with Crippen LogP contribution in [0.4, 0.5) is 4.39 Å². The fraction of sp³-hybridized carbons (Fsp3) is 0.300. The number of nitrogens with one attached hydrogen (secondary N) is 1. The van der Waals surface area contributed by atoms with Gasteiger partial charge in [0, 0.05) is 12.1 Å². The lowest BCUT2D eigenvalue weighted by Crippen LogP contribution is -2.24. The summed E-state index contributed by atoms with van der Waals surface area (Å²) in [4.78, 5) is 11.1. The quantitative estimate of drug-likeness (QED) is 0.831. The Balaban J connectivity index is 3.10. The highest BCUT2D eigenvalue weighted by Crippen LogP contribution is 2.13. The lowest BCUT2D eigenvalue weighted by Gasteiger charge is -2.05. The van der Waals surface area contributed by atoms with E-state index in [9.17, 15) is 17.6 Å². The van der Waals surface area contributed by atoms with Crippen LogP contribution in [0.15, 0.2) is 23.1 Å². The lowest BCUT2D eigenvalue weighted by molar-refractivity contribution is 0.0953. The van der Waals surface area contributed by atoms with E-state index in [0.717, 1.165) is 24.6 Å². The molecule has 0 spiro atoms. The molecule has 0 heterocycles. The molecule has 0 saturated heterocycles. The molecule has 7 heteroatoms. The van der Waals surface area contributed by atoms with E-state index >= 15 is 0 Å². The molecular weight excluding hydrogens is 247 g/mol. The van der Waals surface area contributed by atoms with E-state index in [2.05, 4.69) is 5.32 Å². The van der Waals surface area contributed by atoms with Crippen molar-refractivity contribution in [2.45, 2.75) is 18.2 Å². The monoisotopic (exact) mass is 260 g/mol. The molecule has 0 fully saturated rings. The van der Waals surface area contributed by atoms with Crippen molar-refractivity contribution in [1.29, 1.82) is 0 Å². The van der Waals surface area contributed by atoms with Crippen LogP contribution in [0.5, 0.6) is 0 Å². The van der Waals surface area contributed by atoms with Crippen LogP contribution in [0, 0.1) is 5.82 Å². The van der Waals surface area contributed by atoms with Crippen molar-refractivity contribution in [2.75, 3.05) is 6.54 Å². The molecule has 0 radical (unpaired) electrons. The van der Waals surface area contributed by atoms with Crippen LogP contribution in [0.1, 0.15) is 23.7 Å². The van der Waals surface area contributed by atoms with Gasteiger partial charge in [0.25, 0.3) is 5.91 Å². The third-order valence-electron chi connectivity index (χ3n) is 2.00. The van der Waals surface area contributed by atoms with Crippen LogP contribution in [0.2, 0.25) is 0 Å². The normalized spacial score (nSPS) is 11.2. The Morgan fingerprint density at radius 2 is 2.06 bits per heavy atom. The third kappa shape index (κ3) is 3.79. The number of benzene rings is 1. The van der Waals surface area contributed by atoms with Gasteiger partial charge in [0.05, 0.1) is 4.90 Å². The van der Waals surface area contributed by atoms with Gasteiger partial charge in [-0.1, -0.05) is 6.92 Å². The maximum Gasteiger partial charge on any atom is 0.251 e. The predicted molar refractivity (Wildman–Crippen MR) is 60.4 cm³/mol. The topological polar surface area (TPSA) is 89.3 Å². The van der Waals surface area contributed by atoms with Gasteiger partial charge in [-0.05, 0) is 24.6 Å². The largest absolute Gasteiger partial charge is 0.352 e. The first-order valence-electron chi connectivity index (χ1n) is 4.96. The zero-order valence-electron chi connectivity index (χ0n) is 9.23. The van der Waals surface area contributed by atoms with Gasteiger partial charge in [-0.3, -0.25) is 4.79 Å². The number of primary sulfonamides is 1. The van der Waals surface area contributed by atoms with Crippen LogP contribution in [-0.4, -0.2) is 20.9 Å². The predicted octanol–water partition coefficient (Wildman–Crippen LogP) is 0.613. The maximum absolute atomic E-state index is 13.1. The van der Waals surface area contributed by atoms with E-state index in [4.69, 9.17) is 5.14 Å². The Hall–Kier alpha value is -1.47. The van der Waals surface area contributed by atoms with Crippen LogP contribution in [-0.2, 0) is 10.0 Å². The van der Waals surface area contributed by atoms with Gasteiger partial charge in [-0.2, -0.15) is 0 Å². The molecule has 5 nitrogen and oxygen atoms in total. The molecule has 0 atom stereocenters. The van der Waals surface area contributed by atoms with Crippen molar-refractivity contribution in [3.8, 4) is 0 Å². The van der Waals surface area contributed by atoms with Crippen molar-refractivity contribution in [3.05, 3.63) is 29.6 Å². The van der Waals surface area contributed by atoms with Crippen LogP contribution in [0.3, 0.4) is 0 Å². The molecule has 1 aromatic carbocycles. The standard InChI is InChI=1S/C10H13FN2O3S/c1-2-3-13-10(14)7-4-8(11)6-9(5-7)17(12,15)16/h4-6H,2-3H2,1H3,(H,13,14)(H2,12,15,16). The zero-order chi connectivity index (χ0) is 13.1. The molecule has 0 aliphatic carbocycles. The molecule has 0 aliphatic heterocycles. The van der Waals surface area contributed by atoms with Crippen molar-refractivity contribution >= 4 is 15.9 Å². The molecule has 1 rings (SSSR count). The molecular formula is C10H13FN2O3S. The molecule has 1 aromatic rings. The van der Waals surface area contributed by atoms with Gasteiger partial charge in [0.15, 0.2) is 0 Å². The summed E-state index contributed by atoms with van der Waals surface area (Å²) in [5.41, 5.74) is -0.0672. The van der Waals surface area contributed by atoms with Gasteiger partial charge in [-0.25, -0.2) is 17.9 Å². The van der Waals surface area contributed by atoms with E-state index in [-0.39, 0.29) is 5.56 Å². The summed E-state index contributed by atoms with van der Waals surface area (Å²) < 4.78 is 35.2. The average Bonchev–Trinajstić information content (AvgIpc) is 2.23. The van der Waals surface area contributed by atoms with E-state index in [1.54, 1.807) is 0 Å². The minimum Gasteiger partial charge on any atom is -0.352 e. The Labute approximate surface area is 98.9 Å². The van der Waals surface area contributed by atoms with Crippen molar-refractivity contribution in [2.24, 2.45) is 5.14 Å². The fourth-order valence-electron chi connectivity index (χ4n) is 1.20. The summed E-state index contributed by atoms with van der Waals surface area (Å²) in [6, 6.07) is 2.77. The first kappa shape index (κ1) is 13.6. The highest BCUT2D eigenvalue weighted by Gasteiger charge is 2.14. The average molecular weight is 260 g/mol. The minimum atomic E-state index is -4.02. The van der Waals surface area contributed by atoms with Crippen LogP contribution >= 0.6 is 0 Å². The Kier molecular flexibility index (Phi) is 4.19. The number of rotatable bonds is 4. The molecule has 0 bridgehead atoms. The number of carbonyl (C=O) groups is 1. The third-order valence-corrected chi connectivity index (χ3v) is 2.89. The van der Waals surface area contributed by atoms with E-state index < -0.39 is 26.6 Å². The first-order valence-corrected chi connectivity index (χ1v) is 6.51. The number of hydrogen-bond acceptors (Lipinski definition) is 3. The van der Waals surface area contributed by atoms with Crippen LogP contribution in [0.25, 0.3) is 0 Å². The second-order valence-corrected chi connectivity index (χ2v) is 5.04. The summed E-state index contributed by atoms with van der Waals surface area (Å²) in [5.74, 6) is -1.35. The van der Waals surface area contributed by atoms with Crippen LogP contribution < -0.4 is 10.5 Å². The first-order chi connectivity index (χ1) is 7.84. The molecule has 0 saturated carbocycles. The number of halogens is 1. The van der Waals surface area contributed by atoms with Crippen molar-refractivity contribution < 1.29 is 17.6 Å². The minimum absolute atomic E-state index is 0.0672. The maximum atomic E-state index is 13.1. The number of amides is 1. The summed E-state index contributed by atoms with van der Waals surface area (Å²) in [6.45, 7) is 2.29. The van der Waals surface area contributed by atoms with Gasteiger partial charge in [-0.15, -0.1) is 0 Å². The number of carbonyl (C=O) groups excluding carboxylic acids is 1. The van der Waals surface area contributed by atoms with E-state index in [0.29, 0.717) is 6.54 Å². The summed E-state index contributed by atoms with van der Waals surface area (Å²) in [7, 11) is -4.02. The SMILES string of the molecule is CCCNC(=O)c1cc(F)cc(S(N)(=O)=O)c1. The van der Waals surface area contributed by atoms with E-state index in [1.165, 1.54) is 0 Å². The fourth-order valence-corrected chi connectivity index (χ4v) is 1.77. The Morgan fingerprint density at radius 1 is 1.41 bits per heavy atom. The molecule has 1 amide bonds.